The zero-order valence-electron chi connectivity index (χ0n) is 15.3. The predicted molar refractivity (Wildman–Crippen MR) is 100 cm³/mol. The van der Waals surface area contributed by atoms with Crippen LogP contribution in [0.3, 0.4) is 0 Å². The van der Waals surface area contributed by atoms with Gasteiger partial charge >= 0.3 is 0 Å². The third-order valence-electron chi connectivity index (χ3n) is 5.29. The van der Waals surface area contributed by atoms with E-state index >= 15 is 0 Å². The summed E-state index contributed by atoms with van der Waals surface area (Å²) in [4.78, 5) is 32.6. The Morgan fingerprint density at radius 2 is 1.76 bits per heavy atom. The van der Waals surface area contributed by atoms with E-state index < -0.39 is 0 Å². The van der Waals surface area contributed by atoms with Crippen LogP contribution < -0.4 is 0 Å². The standard InChI is InChI=1S/C19H29N3O2S/c1-15(2)18(23)21-7-5-16(6-8-21)19(24)22-11-9-20(10-12-22)14-17-4-3-13-25-17/h3-4,13,15-16H,5-12,14H2,1-2H3. The topological polar surface area (TPSA) is 43.9 Å². The van der Waals surface area contributed by atoms with Gasteiger partial charge in [0.2, 0.25) is 11.8 Å². The van der Waals surface area contributed by atoms with Crippen LogP contribution in [0.4, 0.5) is 0 Å². The first-order valence-electron chi connectivity index (χ1n) is 9.37. The Hall–Kier alpha value is -1.40. The van der Waals surface area contributed by atoms with E-state index in [0.717, 1.165) is 58.7 Å². The Balaban J connectivity index is 1.43. The average Bonchev–Trinajstić information content (AvgIpc) is 3.14. The minimum atomic E-state index is 0.0451. The van der Waals surface area contributed by atoms with Crippen LogP contribution in [0.2, 0.25) is 0 Å². The highest BCUT2D eigenvalue weighted by Gasteiger charge is 2.32. The van der Waals surface area contributed by atoms with E-state index in [1.165, 1.54) is 4.88 Å². The number of nitrogens with zero attached hydrogens (tertiary/aromatic N) is 3. The summed E-state index contributed by atoms with van der Waals surface area (Å²) in [6.07, 6.45) is 1.62. The van der Waals surface area contributed by atoms with Gasteiger partial charge in [-0.15, -0.1) is 11.3 Å². The molecule has 3 heterocycles. The van der Waals surface area contributed by atoms with Crippen molar-refractivity contribution >= 4 is 23.2 Å². The molecule has 25 heavy (non-hydrogen) atoms. The third kappa shape index (κ3) is 4.61. The highest BCUT2D eigenvalue weighted by Crippen LogP contribution is 2.22. The number of likely N-dealkylation sites (tertiary alicyclic amines) is 1. The first kappa shape index (κ1) is 18.4. The molecule has 1 aromatic heterocycles. The summed E-state index contributed by atoms with van der Waals surface area (Å²) >= 11 is 1.80. The molecule has 2 aliphatic rings. The molecule has 2 saturated heterocycles. The summed E-state index contributed by atoms with van der Waals surface area (Å²) < 4.78 is 0. The Labute approximate surface area is 154 Å². The van der Waals surface area contributed by atoms with E-state index in [1.54, 1.807) is 11.3 Å². The van der Waals surface area contributed by atoms with Crippen molar-refractivity contribution < 1.29 is 9.59 Å². The number of hydrogen-bond acceptors (Lipinski definition) is 4. The lowest BCUT2D eigenvalue weighted by atomic mass is 9.94. The molecule has 2 aliphatic heterocycles. The van der Waals surface area contributed by atoms with Crippen LogP contribution >= 0.6 is 11.3 Å². The highest BCUT2D eigenvalue weighted by molar-refractivity contribution is 7.09. The van der Waals surface area contributed by atoms with Crippen molar-refractivity contribution in [3.05, 3.63) is 22.4 Å². The molecule has 2 fully saturated rings. The van der Waals surface area contributed by atoms with E-state index in [2.05, 4.69) is 22.4 Å². The molecule has 5 nitrogen and oxygen atoms in total. The molecular weight excluding hydrogens is 334 g/mol. The molecule has 0 spiro atoms. The summed E-state index contributed by atoms with van der Waals surface area (Å²) in [6.45, 7) is 9.89. The summed E-state index contributed by atoms with van der Waals surface area (Å²) in [6, 6.07) is 4.27. The van der Waals surface area contributed by atoms with E-state index in [0.29, 0.717) is 5.91 Å². The maximum atomic E-state index is 12.8. The van der Waals surface area contributed by atoms with Crippen molar-refractivity contribution in [3.63, 3.8) is 0 Å². The molecule has 1 aromatic rings. The van der Waals surface area contributed by atoms with Gasteiger partial charge in [0, 0.05) is 62.5 Å². The molecule has 0 N–H and O–H groups in total. The van der Waals surface area contributed by atoms with Crippen LogP contribution in [0.15, 0.2) is 17.5 Å². The van der Waals surface area contributed by atoms with Gasteiger partial charge in [0.05, 0.1) is 0 Å². The molecule has 6 heteroatoms. The highest BCUT2D eigenvalue weighted by atomic mass is 32.1. The third-order valence-corrected chi connectivity index (χ3v) is 6.15. The number of carbonyl (C=O) groups is 2. The number of piperidine rings is 1. The Kier molecular flexibility index (Phi) is 6.12. The quantitative estimate of drug-likeness (QED) is 0.824. The second-order valence-electron chi connectivity index (χ2n) is 7.44. The summed E-state index contributed by atoms with van der Waals surface area (Å²) in [5.41, 5.74) is 0. The summed E-state index contributed by atoms with van der Waals surface area (Å²) in [5, 5.41) is 2.12. The molecule has 138 valence electrons. The lowest BCUT2D eigenvalue weighted by Crippen LogP contribution is -2.51. The van der Waals surface area contributed by atoms with Gasteiger partial charge in [0.25, 0.3) is 0 Å². The molecule has 0 unspecified atom stereocenters. The monoisotopic (exact) mass is 363 g/mol. The summed E-state index contributed by atoms with van der Waals surface area (Å²) in [5.74, 6) is 0.657. The van der Waals surface area contributed by atoms with Gasteiger partial charge in [0.15, 0.2) is 0 Å². The molecule has 0 atom stereocenters. The fraction of sp³-hybridized carbons (Fsp3) is 0.684. The van der Waals surface area contributed by atoms with Crippen molar-refractivity contribution in [2.75, 3.05) is 39.3 Å². The number of hydrogen-bond donors (Lipinski definition) is 0. The van der Waals surface area contributed by atoms with Crippen LogP contribution in [0, 0.1) is 11.8 Å². The molecule has 0 radical (unpaired) electrons. The molecule has 0 aromatic carbocycles. The van der Waals surface area contributed by atoms with Gasteiger partial charge in [-0.2, -0.15) is 0 Å². The molecule has 2 amide bonds. The van der Waals surface area contributed by atoms with Crippen LogP contribution in [0.1, 0.15) is 31.6 Å². The van der Waals surface area contributed by atoms with Crippen LogP contribution in [-0.4, -0.2) is 65.8 Å². The number of carbonyl (C=O) groups excluding carboxylic acids is 2. The lowest BCUT2D eigenvalue weighted by Gasteiger charge is -2.38. The average molecular weight is 364 g/mol. The second-order valence-corrected chi connectivity index (χ2v) is 8.47. The van der Waals surface area contributed by atoms with Crippen LogP contribution in [0.25, 0.3) is 0 Å². The summed E-state index contributed by atoms with van der Waals surface area (Å²) in [7, 11) is 0. The van der Waals surface area contributed by atoms with Gasteiger partial charge in [0.1, 0.15) is 0 Å². The fourth-order valence-electron chi connectivity index (χ4n) is 3.72. The molecular formula is C19H29N3O2S. The zero-order chi connectivity index (χ0) is 17.8. The number of thiophene rings is 1. The predicted octanol–water partition coefficient (Wildman–Crippen LogP) is 2.29. The Morgan fingerprint density at radius 3 is 2.32 bits per heavy atom. The Morgan fingerprint density at radius 1 is 1.08 bits per heavy atom. The normalized spacial score (nSPS) is 20.3. The largest absolute Gasteiger partial charge is 0.342 e. The van der Waals surface area contributed by atoms with Gasteiger partial charge < -0.3 is 9.80 Å². The number of piperazine rings is 1. The fourth-order valence-corrected chi connectivity index (χ4v) is 4.47. The maximum absolute atomic E-state index is 12.8. The van der Waals surface area contributed by atoms with E-state index in [9.17, 15) is 9.59 Å². The van der Waals surface area contributed by atoms with Crippen LogP contribution in [0.5, 0.6) is 0 Å². The molecule has 0 aliphatic carbocycles. The minimum Gasteiger partial charge on any atom is -0.342 e. The minimum absolute atomic E-state index is 0.0451. The second kappa shape index (κ2) is 8.32. The van der Waals surface area contributed by atoms with Gasteiger partial charge in [-0.05, 0) is 24.3 Å². The zero-order valence-corrected chi connectivity index (χ0v) is 16.1. The Bertz CT molecular complexity index is 571. The van der Waals surface area contributed by atoms with Crippen molar-refractivity contribution in [1.29, 1.82) is 0 Å². The van der Waals surface area contributed by atoms with Crippen molar-refractivity contribution in [1.82, 2.24) is 14.7 Å². The number of rotatable bonds is 4. The van der Waals surface area contributed by atoms with Crippen molar-refractivity contribution in [3.8, 4) is 0 Å². The maximum Gasteiger partial charge on any atom is 0.225 e. The first-order valence-corrected chi connectivity index (χ1v) is 10.2. The van der Waals surface area contributed by atoms with Crippen molar-refractivity contribution in [2.45, 2.75) is 33.2 Å². The van der Waals surface area contributed by atoms with E-state index in [1.807, 2.05) is 23.6 Å². The molecule has 0 bridgehead atoms. The first-order chi connectivity index (χ1) is 12.0. The SMILES string of the molecule is CC(C)C(=O)N1CCC(C(=O)N2CCN(Cc3cccs3)CC2)CC1. The number of amides is 2. The smallest absolute Gasteiger partial charge is 0.225 e. The van der Waals surface area contributed by atoms with Crippen molar-refractivity contribution in [2.24, 2.45) is 11.8 Å². The van der Waals surface area contributed by atoms with E-state index in [4.69, 9.17) is 0 Å². The molecule has 3 rings (SSSR count). The van der Waals surface area contributed by atoms with Gasteiger partial charge in [-0.1, -0.05) is 19.9 Å². The van der Waals surface area contributed by atoms with E-state index in [-0.39, 0.29) is 17.7 Å². The van der Waals surface area contributed by atoms with Gasteiger partial charge in [-0.25, -0.2) is 0 Å². The van der Waals surface area contributed by atoms with Crippen LogP contribution in [-0.2, 0) is 16.1 Å². The lowest BCUT2D eigenvalue weighted by molar-refractivity contribution is -0.143. The van der Waals surface area contributed by atoms with Gasteiger partial charge in [-0.3, -0.25) is 14.5 Å². The molecule has 0 saturated carbocycles.